The Hall–Kier alpha value is -3.27. The van der Waals surface area contributed by atoms with Crippen LogP contribution in [0.15, 0.2) is 52.7 Å². The summed E-state index contributed by atoms with van der Waals surface area (Å²) in [5.74, 6) is -0.409. The first kappa shape index (κ1) is 22.4. The molecule has 0 radical (unpaired) electrons. The Balaban J connectivity index is 1.67. The molecule has 2 aromatic carbocycles. The first-order valence-corrected chi connectivity index (χ1v) is 9.96. The van der Waals surface area contributed by atoms with Crippen molar-refractivity contribution in [3.8, 4) is 0 Å². The number of nitrogens with zero attached hydrogens (tertiary/aromatic N) is 4. The molecule has 0 spiro atoms. The van der Waals surface area contributed by atoms with Crippen LogP contribution in [0.2, 0.25) is 0 Å². The Morgan fingerprint density at radius 3 is 2.39 bits per heavy atom. The zero-order valence-electron chi connectivity index (χ0n) is 16.6. The second kappa shape index (κ2) is 9.25. The average molecular weight is 446 g/mol. The van der Waals surface area contributed by atoms with Gasteiger partial charge >= 0.3 is 6.18 Å². The van der Waals surface area contributed by atoms with Gasteiger partial charge in [-0.2, -0.15) is 18.3 Å². The fourth-order valence-electron chi connectivity index (χ4n) is 2.85. The predicted octanol–water partition coefficient (Wildman–Crippen LogP) is 5.84. The van der Waals surface area contributed by atoms with Crippen molar-refractivity contribution in [1.82, 2.24) is 10.2 Å². The number of halogens is 3. The van der Waals surface area contributed by atoms with Crippen LogP contribution in [0.4, 0.5) is 18.3 Å². The molecular weight excluding hydrogens is 429 g/mol. The van der Waals surface area contributed by atoms with Gasteiger partial charge in [-0.05, 0) is 37.1 Å². The van der Waals surface area contributed by atoms with Gasteiger partial charge in [-0.25, -0.2) is 0 Å². The molecule has 6 nitrogen and oxygen atoms in total. The summed E-state index contributed by atoms with van der Waals surface area (Å²) in [5.41, 5.74) is 1.15. The first-order chi connectivity index (χ1) is 14.6. The molecule has 0 bridgehead atoms. The number of rotatable bonds is 7. The molecular formula is C21H17F3N4O2S. The van der Waals surface area contributed by atoms with Gasteiger partial charge in [-0.15, -0.1) is 15.3 Å². The Morgan fingerprint density at radius 2 is 1.71 bits per heavy atom. The summed E-state index contributed by atoms with van der Waals surface area (Å²) in [5, 5.41) is 16.7. The smallest absolute Gasteiger partial charge is 0.294 e. The van der Waals surface area contributed by atoms with E-state index in [1.54, 1.807) is 24.3 Å². The summed E-state index contributed by atoms with van der Waals surface area (Å²) >= 11 is 1.13. The lowest BCUT2D eigenvalue weighted by Crippen LogP contribution is -2.05. The van der Waals surface area contributed by atoms with Gasteiger partial charge in [0.2, 0.25) is 0 Å². The molecule has 1 heterocycles. The molecule has 0 fully saturated rings. The highest BCUT2D eigenvalue weighted by Crippen LogP contribution is 2.30. The molecule has 3 aromatic rings. The van der Waals surface area contributed by atoms with Gasteiger partial charge in [0, 0.05) is 17.5 Å². The number of ketones is 2. The molecule has 0 unspecified atom stereocenters. The lowest BCUT2D eigenvalue weighted by Gasteiger charge is -2.07. The van der Waals surface area contributed by atoms with E-state index < -0.39 is 11.7 Å². The van der Waals surface area contributed by atoms with E-state index in [9.17, 15) is 22.8 Å². The van der Waals surface area contributed by atoms with Crippen LogP contribution in [0.3, 0.4) is 0 Å². The van der Waals surface area contributed by atoms with Crippen molar-refractivity contribution in [2.75, 3.05) is 0 Å². The number of Topliss-reactive ketones (excluding diaryl/α,β-unsaturated/α-hetero) is 2. The van der Waals surface area contributed by atoms with Crippen LogP contribution in [-0.2, 0) is 19.1 Å². The highest BCUT2D eigenvalue weighted by Gasteiger charge is 2.30. The highest BCUT2D eigenvalue weighted by atomic mass is 32.1. The van der Waals surface area contributed by atoms with E-state index in [2.05, 4.69) is 20.4 Å². The zero-order chi connectivity index (χ0) is 22.6. The third kappa shape index (κ3) is 5.88. The lowest BCUT2D eigenvalue weighted by atomic mass is 9.99. The maximum atomic E-state index is 12.8. The highest BCUT2D eigenvalue weighted by molar-refractivity contribution is 7.14. The Morgan fingerprint density at radius 1 is 0.968 bits per heavy atom. The standard InChI is InChI=1S/C21H17F3N4O2S/c1-12(29)17-7-6-15(9-18(17)13(2)30)11-25-27-20-28-26-19(31-20)10-14-4-3-5-16(8-14)21(22,23)24/h3-9H,10-11H2,1-2H3. The first-order valence-electron chi connectivity index (χ1n) is 9.14. The van der Waals surface area contributed by atoms with Crippen LogP contribution < -0.4 is 0 Å². The molecule has 31 heavy (non-hydrogen) atoms. The van der Waals surface area contributed by atoms with Gasteiger partial charge in [-0.3, -0.25) is 9.59 Å². The fourth-order valence-corrected chi connectivity index (χ4v) is 3.57. The van der Waals surface area contributed by atoms with Crippen LogP contribution in [0.25, 0.3) is 0 Å². The van der Waals surface area contributed by atoms with Crippen molar-refractivity contribution in [2.45, 2.75) is 33.0 Å². The number of hydrogen-bond donors (Lipinski definition) is 0. The van der Waals surface area contributed by atoms with E-state index in [-0.39, 0.29) is 29.7 Å². The van der Waals surface area contributed by atoms with Gasteiger partial charge in [0.15, 0.2) is 11.6 Å². The van der Waals surface area contributed by atoms with Crippen molar-refractivity contribution in [1.29, 1.82) is 0 Å². The molecule has 0 saturated heterocycles. The fraction of sp³-hybridized carbons (Fsp3) is 0.238. The Kier molecular flexibility index (Phi) is 6.69. The van der Waals surface area contributed by atoms with Crippen LogP contribution in [0, 0.1) is 0 Å². The number of alkyl halides is 3. The quantitative estimate of drug-likeness (QED) is 0.337. The van der Waals surface area contributed by atoms with Crippen molar-refractivity contribution >= 4 is 28.0 Å². The topological polar surface area (TPSA) is 84.6 Å². The van der Waals surface area contributed by atoms with E-state index in [1.165, 1.54) is 19.9 Å². The third-order valence-electron chi connectivity index (χ3n) is 4.32. The number of hydrogen-bond acceptors (Lipinski definition) is 7. The summed E-state index contributed by atoms with van der Waals surface area (Å²) in [6.45, 7) is 2.95. The molecule has 0 aliphatic rings. The van der Waals surface area contributed by atoms with Crippen LogP contribution in [0.5, 0.6) is 0 Å². The predicted molar refractivity (Wildman–Crippen MR) is 109 cm³/mol. The molecule has 1 aromatic heterocycles. The van der Waals surface area contributed by atoms with Gasteiger partial charge in [0.25, 0.3) is 5.13 Å². The van der Waals surface area contributed by atoms with E-state index in [0.29, 0.717) is 27.3 Å². The molecule has 0 aliphatic heterocycles. The molecule has 0 atom stereocenters. The molecule has 160 valence electrons. The largest absolute Gasteiger partial charge is 0.416 e. The van der Waals surface area contributed by atoms with Gasteiger partial charge in [0.05, 0.1) is 12.1 Å². The monoisotopic (exact) mass is 446 g/mol. The maximum Gasteiger partial charge on any atom is 0.416 e. The van der Waals surface area contributed by atoms with Gasteiger partial charge in [-0.1, -0.05) is 41.7 Å². The lowest BCUT2D eigenvalue weighted by molar-refractivity contribution is -0.137. The number of azo groups is 1. The molecule has 0 N–H and O–H groups in total. The third-order valence-corrected chi connectivity index (χ3v) is 5.13. The van der Waals surface area contributed by atoms with E-state index >= 15 is 0 Å². The van der Waals surface area contributed by atoms with Crippen molar-refractivity contribution < 1.29 is 22.8 Å². The second-order valence-electron chi connectivity index (χ2n) is 6.75. The summed E-state index contributed by atoms with van der Waals surface area (Å²) < 4.78 is 38.5. The Labute approximate surface area is 179 Å². The minimum Gasteiger partial charge on any atom is -0.294 e. The summed E-state index contributed by atoms with van der Waals surface area (Å²) in [7, 11) is 0. The minimum absolute atomic E-state index is 0.168. The summed E-state index contributed by atoms with van der Waals surface area (Å²) in [6, 6.07) is 9.94. The molecule has 10 heteroatoms. The van der Waals surface area contributed by atoms with Crippen LogP contribution in [-0.4, -0.2) is 21.8 Å². The number of benzene rings is 2. The van der Waals surface area contributed by atoms with E-state index in [0.717, 1.165) is 23.5 Å². The van der Waals surface area contributed by atoms with Crippen molar-refractivity contribution in [2.24, 2.45) is 10.2 Å². The van der Waals surface area contributed by atoms with Gasteiger partial charge in [0.1, 0.15) is 5.01 Å². The molecule has 0 saturated carbocycles. The minimum atomic E-state index is -4.40. The summed E-state index contributed by atoms with van der Waals surface area (Å²) in [4.78, 5) is 23.4. The van der Waals surface area contributed by atoms with Crippen molar-refractivity contribution in [3.05, 3.63) is 75.3 Å². The maximum absolute atomic E-state index is 12.8. The number of carbonyl (C=O) groups is 2. The van der Waals surface area contributed by atoms with Gasteiger partial charge < -0.3 is 0 Å². The van der Waals surface area contributed by atoms with E-state index in [4.69, 9.17) is 0 Å². The normalized spacial score (nSPS) is 11.8. The SMILES string of the molecule is CC(=O)c1ccc(CN=Nc2nnc(Cc3cccc(C(F)(F)F)c3)s2)cc1C(C)=O. The number of carbonyl (C=O) groups excluding carboxylic acids is 2. The zero-order valence-corrected chi connectivity index (χ0v) is 17.4. The molecule has 0 aliphatic carbocycles. The average Bonchev–Trinajstić information content (AvgIpc) is 3.14. The van der Waals surface area contributed by atoms with Crippen LogP contribution >= 0.6 is 11.3 Å². The molecule has 0 amide bonds. The van der Waals surface area contributed by atoms with Crippen LogP contribution in [0.1, 0.15) is 56.3 Å². The second-order valence-corrected chi connectivity index (χ2v) is 7.79. The van der Waals surface area contributed by atoms with E-state index in [1.807, 2.05) is 0 Å². The van der Waals surface area contributed by atoms with Crippen molar-refractivity contribution in [3.63, 3.8) is 0 Å². The summed E-state index contributed by atoms with van der Waals surface area (Å²) in [6.07, 6.45) is -4.20. The molecule has 3 rings (SSSR count). The Bertz CT molecular complexity index is 1160. The number of aromatic nitrogens is 2.